The highest BCUT2D eigenvalue weighted by Gasteiger charge is 2.23. The highest BCUT2D eigenvalue weighted by molar-refractivity contribution is 9.10. The van der Waals surface area contributed by atoms with Crippen LogP contribution in [0.2, 0.25) is 5.02 Å². The normalized spacial score (nSPS) is 18.2. The molecular formula is C15H22BrClN2. The fourth-order valence-electron chi connectivity index (χ4n) is 3.04. The summed E-state index contributed by atoms with van der Waals surface area (Å²) in [4.78, 5) is 2.37. The second-order valence-corrected chi connectivity index (χ2v) is 6.83. The minimum Gasteiger partial charge on any atom is -0.329 e. The molecule has 0 amide bonds. The lowest BCUT2D eigenvalue weighted by Crippen LogP contribution is -2.34. The molecule has 1 aliphatic carbocycles. The zero-order valence-corrected chi connectivity index (χ0v) is 13.8. The first kappa shape index (κ1) is 15.3. The van der Waals surface area contributed by atoms with Crippen molar-refractivity contribution in [3.8, 4) is 0 Å². The molecule has 1 saturated carbocycles. The number of nitrogens with two attached hydrogens (primary N) is 1. The molecule has 2 nitrogen and oxygen atoms in total. The third-order valence-electron chi connectivity index (χ3n) is 4.10. The Morgan fingerprint density at radius 3 is 2.68 bits per heavy atom. The standard InChI is InChI=1S/C15H22BrClN2/c1-19(10-11-4-2-3-5-11)15(9-18)13-7-6-12(16)8-14(13)17/h6-8,11,15H,2-5,9-10,18H2,1H3. The summed E-state index contributed by atoms with van der Waals surface area (Å²) in [5, 5.41) is 0.795. The van der Waals surface area contributed by atoms with Gasteiger partial charge in [-0.1, -0.05) is 46.4 Å². The smallest absolute Gasteiger partial charge is 0.0482 e. The number of hydrogen-bond acceptors (Lipinski definition) is 2. The predicted molar refractivity (Wildman–Crippen MR) is 85.5 cm³/mol. The van der Waals surface area contributed by atoms with Crippen molar-refractivity contribution in [3.05, 3.63) is 33.3 Å². The first-order chi connectivity index (χ1) is 9.11. The molecule has 0 radical (unpaired) electrons. The van der Waals surface area contributed by atoms with Crippen LogP contribution in [0.5, 0.6) is 0 Å². The van der Waals surface area contributed by atoms with Crippen molar-refractivity contribution in [2.75, 3.05) is 20.1 Å². The lowest BCUT2D eigenvalue weighted by molar-refractivity contribution is 0.212. The van der Waals surface area contributed by atoms with Gasteiger partial charge in [0.15, 0.2) is 0 Å². The van der Waals surface area contributed by atoms with Crippen LogP contribution in [0.4, 0.5) is 0 Å². The molecule has 2 N–H and O–H groups in total. The molecule has 1 aliphatic rings. The van der Waals surface area contributed by atoms with Crippen LogP contribution in [0.25, 0.3) is 0 Å². The van der Waals surface area contributed by atoms with Crippen molar-refractivity contribution >= 4 is 27.5 Å². The summed E-state index contributed by atoms with van der Waals surface area (Å²) in [6, 6.07) is 6.27. The van der Waals surface area contributed by atoms with E-state index in [-0.39, 0.29) is 6.04 Å². The molecule has 106 valence electrons. The van der Waals surface area contributed by atoms with Gasteiger partial charge in [-0.05, 0) is 43.5 Å². The van der Waals surface area contributed by atoms with Gasteiger partial charge in [-0.2, -0.15) is 0 Å². The van der Waals surface area contributed by atoms with E-state index in [0.717, 1.165) is 27.5 Å². The highest BCUT2D eigenvalue weighted by atomic mass is 79.9. The number of rotatable bonds is 5. The lowest BCUT2D eigenvalue weighted by atomic mass is 10.0. The second kappa shape index (κ2) is 7.07. The SMILES string of the molecule is CN(CC1CCCC1)C(CN)c1ccc(Br)cc1Cl. The summed E-state index contributed by atoms with van der Waals surface area (Å²) in [5.41, 5.74) is 7.11. The average Bonchev–Trinajstić information content (AvgIpc) is 2.85. The maximum Gasteiger partial charge on any atom is 0.0482 e. The van der Waals surface area contributed by atoms with Crippen LogP contribution >= 0.6 is 27.5 Å². The molecule has 1 aromatic carbocycles. The molecule has 4 heteroatoms. The summed E-state index contributed by atoms with van der Waals surface area (Å²) in [6.07, 6.45) is 5.47. The van der Waals surface area contributed by atoms with Crippen LogP contribution in [-0.2, 0) is 0 Å². The third-order valence-corrected chi connectivity index (χ3v) is 4.92. The van der Waals surface area contributed by atoms with Gasteiger partial charge in [-0.15, -0.1) is 0 Å². The molecule has 0 aromatic heterocycles. The van der Waals surface area contributed by atoms with E-state index in [0.29, 0.717) is 6.54 Å². The Bertz CT molecular complexity index is 419. The van der Waals surface area contributed by atoms with Crippen molar-refractivity contribution in [3.63, 3.8) is 0 Å². The zero-order chi connectivity index (χ0) is 13.8. The first-order valence-corrected chi connectivity index (χ1v) is 8.14. The van der Waals surface area contributed by atoms with Crippen LogP contribution in [0, 0.1) is 5.92 Å². The van der Waals surface area contributed by atoms with Gasteiger partial charge in [0.2, 0.25) is 0 Å². The van der Waals surface area contributed by atoms with Crippen LogP contribution in [-0.4, -0.2) is 25.0 Å². The van der Waals surface area contributed by atoms with E-state index in [1.54, 1.807) is 0 Å². The van der Waals surface area contributed by atoms with Gasteiger partial charge in [-0.3, -0.25) is 4.90 Å². The maximum atomic E-state index is 6.35. The summed E-state index contributed by atoms with van der Waals surface area (Å²) in [6.45, 7) is 1.72. The van der Waals surface area contributed by atoms with Crippen molar-refractivity contribution in [1.29, 1.82) is 0 Å². The van der Waals surface area contributed by atoms with Gasteiger partial charge in [0.1, 0.15) is 0 Å². The summed E-state index contributed by atoms with van der Waals surface area (Å²) >= 11 is 9.80. The monoisotopic (exact) mass is 344 g/mol. The van der Waals surface area contributed by atoms with Crippen molar-refractivity contribution < 1.29 is 0 Å². The fourth-order valence-corrected chi connectivity index (χ4v) is 3.84. The van der Waals surface area contributed by atoms with Gasteiger partial charge < -0.3 is 5.73 Å². The molecule has 1 atom stereocenters. The zero-order valence-electron chi connectivity index (χ0n) is 11.4. The average molecular weight is 346 g/mol. The molecule has 0 heterocycles. The van der Waals surface area contributed by atoms with Crippen molar-refractivity contribution in [2.45, 2.75) is 31.7 Å². The van der Waals surface area contributed by atoms with Gasteiger partial charge in [0.25, 0.3) is 0 Å². The predicted octanol–water partition coefficient (Wildman–Crippen LogP) is 4.22. The van der Waals surface area contributed by atoms with Gasteiger partial charge in [0, 0.05) is 28.6 Å². The minimum absolute atomic E-state index is 0.209. The Morgan fingerprint density at radius 2 is 2.11 bits per heavy atom. The summed E-state index contributed by atoms with van der Waals surface area (Å²) < 4.78 is 1.01. The number of nitrogens with zero attached hydrogens (tertiary/aromatic N) is 1. The molecule has 0 spiro atoms. The Balaban J connectivity index is 2.09. The van der Waals surface area contributed by atoms with Crippen molar-refractivity contribution in [1.82, 2.24) is 4.90 Å². The Kier molecular flexibility index (Phi) is 5.70. The Morgan fingerprint density at radius 1 is 1.42 bits per heavy atom. The largest absolute Gasteiger partial charge is 0.329 e. The quantitative estimate of drug-likeness (QED) is 0.865. The van der Waals surface area contributed by atoms with Crippen LogP contribution in [0.1, 0.15) is 37.3 Å². The molecule has 0 aliphatic heterocycles. The number of halogens is 2. The van der Waals surface area contributed by atoms with E-state index in [4.69, 9.17) is 17.3 Å². The number of benzene rings is 1. The van der Waals surface area contributed by atoms with Crippen LogP contribution in [0.15, 0.2) is 22.7 Å². The molecule has 19 heavy (non-hydrogen) atoms. The van der Waals surface area contributed by atoms with E-state index in [1.165, 1.54) is 25.7 Å². The minimum atomic E-state index is 0.209. The van der Waals surface area contributed by atoms with E-state index < -0.39 is 0 Å². The van der Waals surface area contributed by atoms with Gasteiger partial charge in [0.05, 0.1) is 0 Å². The molecular weight excluding hydrogens is 324 g/mol. The molecule has 1 fully saturated rings. The van der Waals surface area contributed by atoms with E-state index in [9.17, 15) is 0 Å². The molecule has 0 saturated heterocycles. The fraction of sp³-hybridized carbons (Fsp3) is 0.600. The number of hydrogen-bond donors (Lipinski definition) is 1. The Hall–Kier alpha value is -0.0900. The molecule has 0 bridgehead atoms. The summed E-state index contributed by atoms with van der Waals surface area (Å²) in [5.74, 6) is 0.827. The van der Waals surface area contributed by atoms with E-state index >= 15 is 0 Å². The van der Waals surface area contributed by atoms with Crippen LogP contribution in [0.3, 0.4) is 0 Å². The lowest BCUT2D eigenvalue weighted by Gasteiger charge is -2.30. The number of likely N-dealkylation sites (N-methyl/N-ethyl adjacent to an activating group) is 1. The highest BCUT2D eigenvalue weighted by Crippen LogP contribution is 2.31. The van der Waals surface area contributed by atoms with E-state index in [1.807, 2.05) is 12.1 Å². The Labute approximate surface area is 129 Å². The maximum absolute atomic E-state index is 6.35. The molecule has 1 unspecified atom stereocenters. The molecule has 1 aromatic rings. The summed E-state index contributed by atoms with van der Waals surface area (Å²) in [7, 11) is 2.16. The van der Waals surface area contributed by atoms with E-state index in [2.05, 4.69) is 33.9 Å². The topological polar surface area (TPSA) is 29.3 Å². The van der Waals surface area contributed by atoms with Crippen molar-refractivity contribution in [2.24, 2.45) is 11.7 Å². The van der Waals surface area contributed by atoms with Crippen LogP contribution < -0.4 is 5.73 Å². The van der Waals surface area contributed by atoms with Gasteiger partial charge >= 0.3 is 0 Å². The second-order valence-electron chi connectivity index (χ2n) is 5.51. The van der Waals surface area contributed by atoms with Gasteiger partial charge in [-0.25, -0.2) is 0 Å². The molecule has 2 rings (SSSR count). The first-order valence-electron chi connectivity index (χ1n) is 6.97. The third kappa shape index (κ3) is 3.94.